The van der Waals surface area contributed by atoms with Gasteiger partial charge >= 0.3 is 0 Å². The van der Waals surface area contributed by atoms with E-state index >= 15 is 0 Å². The third-order valence-electron chi connectivity index (χ3n) is 2.81. The summed E-state index contributed by atoms with van der Waals surface area (Å²) in [6.07, 6.45) is 0. The van der Waals surface area contributed by atoms with Crippen molar-refractivity contribution < 1.29 is 8.81 Å². The van der Waals surface area contributed by atoms with E-state index in [0.29, 0.717) is 28.0 Å². The Morgan fingerprint density at radius 3 is 2.68 bits per heavy atom. The summed E-state index contributed by atoms with van der Waals surface area (Å²) in [6, 6.07) is 7.83. The minimum absolute atomic E-state index is 0.0408. The minimum Gasteiger partial charge on any atom is -0.437 e. The highest BCUT2D eigenvalue weighted by Gasteiger charge is 2.12. The molecule has 1 aromatic carbocycles. The van der Waals surface area contributed by atoms with Gasteiger partial charge in [0.1, 0.15) is 17.0 Å². The van der Waals surface area contributed by atoms with Gasteiger partial charge < -0.3 is 15.9 Å². The lowest BCUT2D eigenvalue weighted by Gasteiger charge is -2.02. The molecule has 0 spiro atoms. The summed E-state index contributed by atoms with van der Waals surface area (Å²) in [4.78, 5) is 4.36. The summed E-state index contributed by atoms with van der Waals surface area (Å²) in [6.45, 7) is 0. The van der Waals surface area contributed by atoms with Crippen molar-refractivity contribution in [3.63, 3.8) is 0 Å². The van der Waals surface area contributed by atoms with E-state index in [1.54, 1.807) is 18.2 Å². The van der Waals surface area contributed by atoms with Crippen molar-refractivity contribution in [2.75, 3.05) is 11.5 Å². The smallest absolute Gasteiger partial charge is 0.216 e. The van der Waals surface area contributed by atoms with Gasteiger partial charge in [0.2, 0.25) is 5.88 Å². The highest BCUT2D eigenvalue weighted by molar-refractivity contribution is 6.31. The second kappa shape index (κ2) is 4.13. The number of fused-ring (bicyclic) bond motifs is 1. The van der Waals surface area contributed by atoms with Crippen LogP contribution in [-0.2, 0) is 0 Å². The third-order valence-corrected chi connectivity index (χ3v) is 3.10. The highest BCUT2D eigenvalue weighted by Crippen LogP contribution is 2.31. The van der Waals surface area contributed by atoms with Gasteiger partial charge in [-0.15, -0.1) is 0 Å². The van der Waals surface area contributed by atoms with Gasteiger partial charge in [-0.05, 0) is 30.3 Å². The largest absolute Gasteiger partial charge is 0.437 e. The first-order chi connectivity index (χ1) is 9.06. The molecule has 3 rings (SSSR count). The van der Waals surface area contributed by atoms with Crippen LogP contribution >= 0.6 is 11.6 Å². The molecule has 96 valence electrons. The van der Waals surface area contributed by atoms with Crippen molar-refractivity contribution >= 4 is 34.3 Å². The molecule has 0 saturated carbocycles. The lowest BCUT2D eigenvalue weighted by molar-refractivity contribution is 0.628. The fourth-order valence-corrected chi connectivity index (χ4v) is 2.01. The van der Waals surface area contributed by atoms with E-state index in [1.807, 2.05) is 0 Å². The number of nitrogens with two attached hydrogens (primary N) is 2. The van der Waals surface area contributed by atoms with Crippen molar-refractivity contribution in [2.45, 2.75) is 0 Å². The molecule has 2 heterocycles. The summed E-state index contributed by atoms with van der Waals surface area (Å²) >= 11 is 5.75. The van der Waals surface area contributed by atoms with Crippen LogP contribution in [0.4, 0.5) is 16.0 Å². The van der Waals surface area contributed by atoms with Crippen LogP contribution in [0.1, 0.15) is 0 Å². The first kappa shape index (κ1) is 11.8. The summed E-state index contributed by atoms with van der Waals surface area (Å²) < 4.78 is 18.4. The number of aromatic nitrogens is 1. The number of furan rings is 1. The van der Waals surface area contributed by atoms with E-state index in [1.165, 1.54) is 12.1 Å². The normalized spacial score (nSPS) is 11.1. The number of anilines is 2. The summed E-state index contributed by atoms with van der Waals surface area (Å²) in [5.41, 5.74) is 13.9. The molecule has 6 heteroatoms. The number of nitrogen functional groups attached to an aromatic ring is 2. The van der Waals surface area contributed by atoms with Gasteiger partial charge in [0.15, 0.2) is 5.58 Å². The molecular formula is C13H9ClFN3O. The van der Waals surface area contributed by atoms with Gasteiger partial charge in [-0.2, -0.15) is 0 Å². The van der Waals surface area contributed by atoms with Crippen LogP contribution in [0, 0.1) is 5.82 Å². The lowest BCUT2D eigenvalue weighted by Crippen LogP contribution is -1.91. The van der Waals surface area contributed by atoms with Crippen LogP contribution in [-0.4, -0.2) is 4.98 Å². The molecule has 0 aliphatic carbocycles. The molecule has 0 unspecified atom stereocenters. The molecule has 4 nitrogen and oxygen atoms in total. The van der Waals surface area contributed by atoms with E-state index < -0.39 is 5.82 Å². The number of pyridine rings is 1. The molecule has 0 aliphatic heterocycles. The fraction of sp³-hybridized carbons (Fsp3) is 0. The first-order valence-electron chi connectivity index (χ1n) is 5.46. The van der Waals surface area contributed by atoms with Crippen molar-refractivity contribution in [1.29, 1.82) is 0 Å². The minimum atomic E-state index is -0.474. The molecule has 4 N–H and O–H groups in total. The second-order valence-electron chi connectivity index (χ2n) is 4.05. The molecule has 0 fully saturated rings. The van der Waals surface area contributed by atoms with Crippen molar-refractivity contribution in [3.8, 4) is 11.3 Å². The van der Waals surface area contributed by atoms with Gasteiger partial charge in [-0.3, -0.25) is 0 Å². The van der Waals surface area contributed by atoms with Crippen molar-refractivity contribution in [1.82, 2.24) is 4.98 Å². The number of hydrogen-bond donors (Lipinski definition) is 2. The van der Waals surface area contributed by atoms with E-state index in [2.05, 4.69) is 4.98 Å². The van der Waals surface area contributed by atoms with Crippen LogP contribution in [0.2, 0.25) is 5.02 Å². The molecule has 0 bridgehead atoms. The number of halogens is 2. The molecule has 0 saturated heterocycles. The lowest BCUT2D eigenvalue weighted by atomic mass is 10.1. The van der Waals surface area contributed by atoms with E-state index in [-0.39, 0.29) is 10.9 Å². The van der Waals surface area contributed by atoms with Gasteiger partial charge in [0, 0.05) is 5.56 Å². The quantitative estimate of drug-likeness (QED) is 0.714. The Bertz CT molecular complexity index is 785. The zero-order valence-electron chi connectivity index (χ0n) is 9.65. The van der Waals surface area contributed by atoms with Crippen molar-refractivity contribution in [2.24, 2.45) is 0 Å². The van der Waals surface area contributed by atoms with Gasteiger partial charge in [-0.25, -0.2) is 9.37 Å². The van der Waals surface area contributed by atoms with E-state index in [9.17, 15) is 4.39 Å². The predicted molar refractivity (Wildman–Crippen MR) is 73.2 cm³/mol. The molecule has 0 amide bonds. The fourth-order valence-electron chi connectivity index (χ4n) is 1.83. The van der Waals surface area contributed by atoms with Gasteiger partial charge in [0.05, 0.1) is 10.7 Å². The van der Waals surface area contributed by atoms with Crippen LogP contribution in [0.25, 0.3) is 22.4 Å². The maximum Gasteiger partial charge on any atom is 0.216 e. The third kappa shape index (κ3) is 1.88. The van der Waals surface area contributed by atoms with Crippen LogP contribution < -0.4 is 11.5 Å². The predicted octanol–water partition coefficient (Wildman–Crippen LogP) is 3.45. The molecule has 0 radical (unpaired) electrons. The number of benzene rings is 1. The number of hydrogen-bond acceptors (Lipinski definition) is 4. The molecular weight excluding hydrogens is 269 g/mol. The summed E-state index contributed by atoms with van der Waals surface area (Å²) in [5, 5.41) is 0.0408. The maximum absolute atomic E-state index is 13.1. The van der Waals surface area contributed by atoms with Gasteiger partial charge in [0.25, 0.3) is 0 Å². The average Bonchev–Trinajstić information content (AvgIpc) is 2.68. The Morgan fingerprint density at radius 2 is 1.95 bits per heavy atom. The molecule has 19 heavy (non-hydrogen) atoms. The summed E-state index contributed by atoms with van der Waals surface area (Å²) in [5.74, 6) is -0.338. The molecule has 0 aliphatic rings. The Morgan fingerprint density at radius 1 is 1.16 bits per heavy atom. The van der Waals surface area contributed by atoms with Gasteiger partial charge in [-0.1, -0.05) is 11.6 Å². The number of nitrogens with zero attached hydrogens (tertiary/aromatic N) is 1. The Balaban J connectivity index is 2.19. The highest BCUT2D eigenvalue weighted by atomic mass is 35.5. The Kier molecular flexibility index (Phi) is 2.57. The van der Waals surface area contributed by atoms with Crippen LogP contribution in [0.3, 0.4) is 0 Å². The van der Waals surface area contributed by atoms with Crippen LogP contribution in [0.5, 0.6) is 0 Å². The standard InChI is InChI=1S/C13H9ClFN3O/c14-7-5-6(1-2-8(7)15)9-3-4-10-12(18-9)11(16)13(17)19-10/h1-5H,16-17H2. The molecule has 3 aromatic rings. The van der Waals surface area contributed by atoms with E-state index in [4.69, 9.17) is 27.5 Å². The molecule has 0 atom stereocenters. The summed E-state index contributed by atoms with van der Waals surface area (Å²) in [7, 11) is 0. The SMILES string of the molecule is Nc1oc2ccc(-c3ccc(F)c(Cl)c3)nc2c1N. The topological polar surface area (TPSA) is 78.1 Å². The second-order valence-corrected chi connectivity index (χ2v) is 4.46. The first-order valence-corrected chi connectivity index (χ1v) is 5.84. The monoisotopic (exact) mass is 277 g/mol. The Labute approximate surface area is 112 Å². The van der Waals surface area contributed by atoms with E-state index in [0.717, 1.165) is 0 Å². The maximum atomic E-state index is 13.1. The zero-order chi connectivity index (χ0) is 13.6. The average molecular weight is 278 g/mol. The zero-order valence-corrected chi connectivity index (χ0v) is 10.4. The Hall–Kier alpha value is -2.27. The molecule has 2 aromatic heterocycles. The van der Waals surface area contributed by atoms with Crippen molar-refractivity contribution in [3.05, 3.63) is 41.2 Å². The number of rotatable bonds is 1. The van der Waals surface area contributed by atoms with Crippen LogP contribution in [0.15, 0.2) is 34.7 Å².